The summed E-state index contributed by atoms with van der Waals surface area (Å²) in [5, 5.41) is 8.66. The van der Waals surface area contributed by atoms with E-state index < -0.39 is 0 Å². The number of ether oxygens (including phenoxy) is 3. The van der Waals surface area contributed by atoms with Crippen LogP contribution in [0.15, 0.2) is 30.3 Å². The van der Waals surface area contributed by atoms with Gasteiger partial charge in [0.1, 0.15) is 18.1 Å². The Balaban J connectivity index is 1.19. The number of para-hydroxylation sites is 1. The van der Waals surface area contributed by atoms with E-state index >= 15 is 0 Å². The number of nitrogens with zero attached hydrogens (tertiary/aromatic N) is 4. The highest BCUT2D eigenvalue weighted by Crippen LogP contribution is 2.34. The van der Waals surface area contributed by atoms with Crippen molar-refractivity contribution >= 4 is 5.91 Å². The van der Waals surface area contributed by atoms with Gasteiger partial charge in [-0.15, -0.1) is 5.10 Å². The second-order valence-electron chi connectivity index (χ2n) is 8.10. The maximum absolute atomic E-state index is 12.6. The van der Waals surface area contributed by atoms with E-state index in [0.29, 0.717) is 33.0 Å². The number of aromatic nitrogens is 3. The largest absolute Gasteiger partial charge is 0.487 e. The zero-order valence-corrected chi connectivity index (χ0v) is 16.5. The summed E-state index contributed by atoms with van der Waals surface area (Å²) in [5.74, 6) is 1.08. The average Bonchev–Trinajstić information content (AvgIpc) is 3.43. The topological polar surface area (TPSA) is 78.7 Å². The highest BCUT2D eigenvalue weighted by atomic mass is 16.5. The van der Waals surface area contributed by atoms with Crippen molar-refractivity contribution in [2.75, 3.05) is 26.3 Å². The molecule has 5 rings (SSSR count). The van der Waals surface area contributed by atoms with Gasteiger partial charge in [0, 0.05) is 19.7 Å². The van der Waals surface area contributed by atoms with E-state index in [1.54, 1.807) is 0 Å². The normalized spacial score (nSPS) is 23.2. The van der Waals surface area contributed by atoms with Crippen LogP contribution < -0.4 is 4.74 Å². The molecule has 1 amide bonds. The summed E-state index contributed by atoms with van der Waals surface area (Å²) in [6, 6.07) is 9.70. The molecule has 2 saturated heterocycles. The van der Waals surface area contributed by atoms with Crippen LogP contribution >= 0.6 is 0 Å². The Kier molecular flexibility index (Phi) is 4.97. The molecule has 0 saturated carbocycles. The number of carbonyl (C=O) groups is 1. The van der Waals surface area contributed by atoms with E-state index in [2.05, 4.69) is 10.3 Å². The van der Waals surface area contributed by atoms with Gasteiger partial charge in [-0.3, -0.25) is 4.79 Å². The lowest BCUT2D eigenvalue weighted by Gasteiger charge is -2.44. The Morgan fingerprint density at radius 1 is 1.24 bits per heavy atom. The first kappa shape index (κ1) is 18.6. The fraction of sp³-hybridized carbons (Fsp3) is 0.571. The first-order valence-corrected chi connectivity index (χ1v) is 10.3. The third kappa shape index (κ3) is 3.74. The average molecular weight is 398 g/mol. The number of piperidine rings is 1. The second kappa shape index (κ2) is 7.76. The minimum absolute atomic E-state index is 0.0328. The summed E-state index contributed by atoms with van der Waals surface area (Å²) in [4.78, 5) is 14.6. The van der Waals surface area contributed by atoms with Gasteiger partial charge in [-0.1, -0.05) is 23.4 Å². The number of likely N-dealkylation sites (tertiary alicyclic amines) is 1. The Bertz CT molecular complexity index is 855. The van der Waals surface area contributed by atoms with Gasteiger partial charge in [0.25, 0.3) is 0 Å². The van der Waals surface area contributed by atoms with E-state index in [9.17, 15) is 4.79 Å². The van der Waals surface area contributed by atoms with Crippen molar-refractivity contribution in [1.82, 2.24) is 19.9 Å². The maximum atomic E-state index is 12.6. The van der Waals surface area contributed by atoms with Crippen molar-refractivity contribution in [3.8, 4) is 5.75 Å². The Morgan fingerprint density at radius 2 is 2.07 bits per heavy atom. The van der Waals surface area contributed by atoms with Gasteiger partial charge in [-0.2, -0.15) is 0 Å². The minimum Gasteiger partial charge on any atom is -0.487 e. The molecule has 4 heterocycles. The van der Waals surface area contributed by atoms with E-state index in [1.807, 2.05) is 39.9 Å². The van der Waals surface area contributed by atoms with Crippen LogP contribution in [0.2, 0.25) is 0 Å². The molecule has 1 aromatic carbocycles. The summed E-state index contributed by atoms with van der Waals surface area (Å²) in [7, 11) is 0. The molecule has 1 unspecified atom stereocenters. The zero-order valence-electron chi connectivity index (χ0n) is 16.5. The van der Waals surface area contributed by atoms with Gasteiger partial charge in [0.15, 0.2) is 0 Å². The van der Waals surface area contributed by atoms with E-state index in [4.69, 9.17) is 14.2 Å². The van der Waals surface area contributed by atoms with Crippen LogP contribution in [-0.4, -0.2) is 57.7 Å². The number of carbonyl (C=O) groups excluding carboxylic acids is 1. The standard InChI is InChI=1S/C21H26N4O4/c26-20(16-6-11-27-12-16)24-9-7-21(8-10-24)15-25-19(14-29-21)18(22-23-25)13-28-17-4-2-1-3-5-17/h1-5,16H,6-15H2. The van der Waals surface area contributed by atoms with E-state index in [1.165, 1.54) is 0 Å². The lowest BCUT2D eigenvalue weighted by Crippen LogP contribution is -2.53. The number of fused-ring (bicyclic) bond motifs is 1. The number of benzene rings is 1. The van der Waals surface area contributed by atoms with Crippen molar-refractivity contribution in [1.29, 1.82) is 0 Å². The Morgan fingerprint density at radius 3 is 2.83 bits per heavy atom. The quantitative estimate of drug-likeness (QED) is 0.781. The SMILES string of the molecule is O=C(C1CCOC1)N1CCC2(CC1)Cn1nnc(COc3ccccc3)c1CO2. The monoisotopic (exact) mass is 398 g/mol. The third-order valence-electron chi connectivity index (χ3n) is 6.26. The molecular weight excluding hydrogens is 372 g/mol. The van der Waals surface area contributed by atoms with E-state index in [0.717, 1.165) is 49.5 Å². The van der Waals surface area contributed by atoms with Gasteiger partial charge in [0.05, 0.1) is 37.0 Å². The van der Waals surface area contributed by atoms with Crippen molar-refractivity contribution in [3.63, 3.8) is 0 Å². The smallest absolute Gasteiger partial charge is 0.228 e. The molecule has 8 heteroatoms. The Labute approximate surface area is 169 Å². The van der Waals surface area contributed by atoms with Crippen LogP contribution in [0.25, 0.3) is 0 Å². The molecule has 2 fully saturated rings. The number of amides is 1. The third-order valence-corrected chi connectivity index (χ3v) is 6.26. The molecule has 8 nitrogen and oxygen atoms in total. The first-order valence-electron chi connectivity index (χ1n) is 10.3. The zero-order chi connectivity index (χ0) is 19.7. The lowest BCUT2D eigenvalue weighted by molar-refractivity contribution is -0.149. The summed E-state index contributed by atoms with van der Waals surface area (Å²) in [6.45, 7) is 4.24. The second-order valence-corrected chi connectivity index (χ2v) is 8.10. The minimum atomic E-state index is -0.263. The van der Waals surface area contributed by atoms with Gasteiger partial charge in [-0.05, 0) is 31.4 Å². The molecule has 0 aliphatic carbocycles. The number of rotatable bonds is 4. The molecule has 3 aliphatic heterocycles. The van der Waals surface area contributed by atoms with Crippen molar-refractivity contribution in [2.45, 2.75) is 44.6 Å². The molecule has 1 aromatic heterocycles. The first-order chi connectivity index (χ1) is 14.2. The molecule has 154 valence electrons. The molecule has 0 radical (unpaired) electrons. The van der Waals surface area contributed by atoms with Crippen LogP contribution in [0.3, 0.4) is 0 Å². The van der Waals surface area contributed by atoms with Crippen LogP contribution in [0.4, 0.5) is 0 Å². The summed E-state index contributed by atoms with van der Waals surface area (Å²) in [5.41, 5.74) is 1.53. The molecule has 3 aliphatic rings. The fourth-order valence-electron chi connectivity index (χ4n) is 4.40. The predicted molar refractivity (Wildman–Crippen MR) is 103 cm³/mol. The van der Waals surface area contributed by atoms with Crippen molar-refractivity contribution in [3.05, 3.63) is 41.7 Å². The van der Waals surface area contributed by atoms with Crippen LogP contribution in [-0.2, 0) is 34.0 Å². The molecule has 2 aromatic rings. The molecular formula is C21H26N4O4. The number of hydrogen-bond acceptors (Lipinski definition) is 6. The highest BCUT2D eigenvalue weighted by molar-refractivity contribution is 5.79. The van der Waals surface area contributed by atoms with Gasteiger partial charge in [-0.25, -0.2) is 4.68 Å². The predicted octanol–water partition coefficient (Wildman–Crippen LogP) is 1.78. The maximum Gasteiger partial charge on any atom is 0.228 e. The molecule has 0 bridgehead atoms. The summed E-state index contributed by atoms with van der Waals surface area (Å²) in [6.07, 6.45) is 2.48. The van der Waals surface area contributed by atoms with E-state index in [-0.39, 0.29) is 17.4 Å². The van der Waals surface area contributed by atoms with Crippen LogP contribution in [0.5, 0.6) is 5.75 Å². The molecule has 0 N–H and O–H groups in total. The highest BCUT2D eigenvalue weighted by Gasteiger charge is 2.42. The van der Waals surface area contributed by atoms with Gasteiger partial charge >= 0.3 is 0 Å². The van der Waals surface area contributed by atoms with Crippen LogP contribution in [0, 0.1) is 5.92 Å². The molecule has 1 atom stereocenters. The molecule has 29 heavy (non-hydrogen) atoms. The van der Waals surface area contributed by atoms with Crippen molar-refractivity contribution < 1.29 is 19.0 Å². The van der Waals surface area contributed by atoms with Gasteiger partial charge < -0.3 is 19.1 Å². The fourth-order valence-corrected chi connectivity index (χ4v) is 4.40. The Hall–Kier alpha value is -2.45. The summed E-state index contributed by atoms with van der Waals surface area (Å²) < 4.78 is 19.5. The number of hydrogen-bond donors (Lipinski definition) is 0. The lowest BCUT2D eigenvalue weighted by atomic mass is 9.89. The van der Waals surface area contributed by atoms with Crippen LogP contribution in [0.1, 0.15) is 30.7 Å². The van der Waals surface area contributed by atoms with Crippen molar-refractivity contribution in [2.24, 2.45) is 5.92 Å². The van der Waals surface area contributed by atoms with Gasteiger partial charge in [0.2, 0.25) is 5.91 Å². The molecule has 1 spiro atoms. The summed E-state index contributed by atoms with van der Waals surface area (Å²) >= 11 is 0.